The smallest absolute Gasteiger partial charge is 0.246 e. The summed E-state index contributed by atoms with van der Waals surface area (Å²) < 4.78 is 1.91. The maximum atomic E-state index is 12.5. The minimum Gasteiger partial charge on any atom is -0.508 e. The Morgan fingerprint density at radius 3 is 2.54 bits per heavy atom. The van der Waals surface area contributed by atoms with Gasteiger partial charge in [0.2, 0.25) is 5.91 Å². The number of hydrogen-bond donors (Lipinski definition) is 3. The molecule has 1 heterocycles. The van der Waals surface area contributed by atoms with E-state index >= 15 is 0 Å². The first kappa shape index (κ1) is 17.7. The molecule has 2 aromatic carbocycles. The van der Waals surface area contributed by atoms with Gasteiger partial charge in [-0.2, -0.15) is 0 Å². The van der Waals surface area contributed by atoms with E-state index in [0.717, 1.165) is 11.1 Å². The van der Waals surface area contributed by atoms with E-state index in [4.69, 9.17) is 5.73 Å². The van der Waals surface area contributed by atoms with E-state index in [2.05, 4.69) is 10.3 Å². The molecule has 0 fully saturated rings. The van der Waals surface area contributed by atoms with Gasteiger partial charge in [0, 0.05) is 19.3 Å². The third-order valence-corrected chi connectivity index (χ3v) is 4.23. The van der Waals surface area contributed by atoms with Gasteiger partial charge < -0.3 is 20.7 Å². The third-order valence-electron chi connectivity index (χ3n) is 4.23. The highest BCUT2D eigenvalue weighted by atomic mass is 16.3. The largest absolute Gasteiger partial charge is 0.508 e. The Labute approximate surface area is 152 Å². The second-order valence-corrected chi connectivity index (χ2v) is 6.47. The molecule has 4 N–H and O–H groups in total. The van der Waals surface area contributed by atoms with E-state index < -0.39 is 5.54 Å². The second-order valence-electron chi connectivity index (χ2n) is 6.47. The first-order chi connectivity index (χ1) is 12.4. The molecule has 3 aromatic rings. The van der Waals surface area contributed by atoms with E-state index in [1.807, 2.05) is 34.9 Å². The number of aromatic hydroxyl groups is 1. The van der Waals surface area contributed by atoms with Gasteiger partial charge in [-0.25, -0.2) is 4.98 Å². The molecule has 6 nitrogen and oxygen atoms in total. The van der Waals surface area contributed by atoms with Crippen LogP contribution >= 0.6 is 0 Å². The molecule has 0 bridgehead atoms. The molecule has 1 aromatic heterocycles. The molecule has 0 saturated carbocycles. The van der Waals surface area contributed by atoms with Gasteiger partial charge in [0.05, 0.1) is 12.0 Å². The maximum absolute atomic E-state index is 12.5. The number of nitrogens with one attached hydrogen (secondary N) is 1. The molecule has 0 spiro atoms. The van der Waals surface area contributed by atoms with E-state index in [1.165, 1.54) is 0 Å². The fraction of sp³-hybridized carbons (Fsp3) is 0.200. The van der Waals surface area contributed by atoms with Gasteiger partial charge in [-0.05, 0) is 30.2 Å². The Balaban J connectivity index is 1.65. The summed E-state index contributed by atoms with van der Waals surface area (Å²) in [5.74, 6) is -0.122. The minimum atomic E-state index is -1.24. The molecular weight excluding hydrogens is 328 g/mol. The summed E-state index contributed by atoms with van der Waals surface area (Å²) in [5.41, 5.74) is 7.54. The molecular formula is C20H22N4O2. The van der Waals surface area contributed by atoms with Crippen LogP contribution in [0.2, 0.25) is 0 Å². The third kappa shape index (κ3) is 4.10. The van der Waals surface area contributed by atoms with Gasteiger partial charge in [-0.3, -0.25) is 4.79 Å². The monoisotopic (exact) mass is 350 g/mol. The lowest BCUT2D eigenvalue weighted by Crippen LogP contribution is -2.49. The quantitative estimate of drug-likeness (QED) is 0.635. The molecule has 0 radical (unpaired) electrons. The Hall–Kier alpha value is -3.12. The number of carbonyl (C=O) groups is 1. The van der Waals surface area contributed by atoms with Gasteiger partial charge in [0.15, 0.2) is 0 Å². The van der Waals surface area contributed by atoms with Gasteiger partial charge in [-0.15, -0.1) is 0 Å². The fourth-order valence-electron chi connectivity index (χ4n) is 2.61. The number of phenols is 1. The number of carbonyl (C=O) groups excluding carboxylic acids is 1. The Bertz CT molecular complexity index is 870. The number of nitrogens with two attached hydrogens (primary N) is 1. The summed E-state index contributed by atoms with van der Waals surface area (Å²) in [6.45, 7) is 2.64. The maximum Gasteiger partial charge on any atom is 0.246 e. The number of aromatic nitrogens is 2. The van der Waals surface area contributed by atoms with Crippen LogP contribution in [0.15, 0.2) is 67.1 Å². The molecule has 1 atom stereocenters. The zero-order valence-electron chi connectivity index (χ0n) is 14.6. The van der Waals surface area contributed by atoms with Crippen molar-refractivity contribution in [3.8, 4) is 5.75 Å². The SMILES string of the molecule is CC(N)(C(=O)NCc1ccc(O)cc1)c1cn(Cc2ccccc2)cn1. The van der Waals surface area contributed by atoms with Crippen LogP contribution in [0.4, 0.5) is 0 Å². The molecule has 26 heavy (non-hydrogen) atoms. The summed E-state index contributed by atoms with van der Waals surface area (Å²) >= 11 is 0. The Morgan fingerprint density at radius 1 is 1.15 bits per heavy atom. The average molecular weight is 350 g/mol. The zero-order valence-corrected chi connectivity index (χ0v) is 14.6. The number of benzene rings is 2. The van der Waals surface area contributed by atoms with Crippen LogP contribution in [-0.4, -0.2) is 20.6 Å². The standard InChI is InChI=1S/C20H22N4O2/c1-20(21,19(26)22-11-15-7-9-17(25)10-8-15)18-13-24(14-23-18)12-16-5-3-2-4-6-16/h2-10,13-14,25H,11-12,21H2,1H3,(H,22,26). The van der Waals surface area contributed by atoms with E-state index in [-0.39, 0.29) is 11.7 Å². The van der Waals surface area contributed by atoms with Gasteiger partial charge in [-0.1, -0.05) is 42.5 Å². The number of phenolic OH excluding ortho intramolecular Hbond substituents is 1. The lowest BCUT2D eigenvalue weighted by Gasteiger charge is -2.21. The van der Waals surface area contributed by atoms with Crippen molar-refractivity contribution in [2.75, 3.05) is 0 Å². The molecule has 0 aliphatic rings. The van der Waals surface area contributed by atoms with Gasteiger partial charge in [0.25, 0.3) is 0 Å². The van der Waals surface area contributed by atoms with E-state index in [9.17, 15) is 9.90 Å². The topological polar surface area (TPSA) is 93.2 Å². The van der Waals surface area contributed by atoms with Crippen LogP contribution in [0.3, 0.4) is 0 Å². The molecule has 0 aliphatic heterocycles. The van der Waals surface area contributed by atoms with Crippen LogP contribution in [0.25, 0.3) is 0 Å². The molecule has 0 aliphatic carbocycles. The summed E-state index contributed by atoms with van der Waals surface area (Å²) in [7, 11) is 0. The summed E-state index contributed by atoms with van der Waals surface area (Å²) in [5, 5.41) is 12.1. The lowest BCUT2D eigenvalue weighted by molar-refractivity contribution is -0.126. The number of rotatable bonds is 6. The van der Waals surface area contributed by atoms with Crippen molar-refractivity contribution in [1.29, 1.82) is 0 Å². The molecule has 3 rings (SSSR count). The predicted octanol–water partition coefficient (Wildman–Crippen LogP) is 2.13. The van der Waals surface area contributed by atoms with Crippen LogP contribution in [0, 0.1) is 0 Å². The predicted molar refractivity (Wildman–Crippen MR) is 99.3 cm³/mol. The molecule has 6 heteroatoms. The van der Waals surface area contributed by atoms with E-state index in [0.29, 0.717) is 18.8 Å². The van der Waals surface area contributed by atoms with Crippen molar-refractivity contribution in [2.24, 2.45) is 5.73 Å². The first-order valence-electron chi connectivity index (χ1n) is 8.36. The van der Waals surface area contributed by atoms with Crippen LogP contribution in [0.1, 0.15) is 23.7 Å². The Morgan fingerprint density at radius 2 is 1.85 bits per heavy atom. The fourth-order valence-corrected chi connectivity index (χ4v) is 2.61. The number of imidazole rings is 1. The summed E-state index contributed by atoms with van der Waals surface area (Å²) in [4.78, 5) is 16.9. The molecule has 1 amide bonds. The highest BCUT2D eigenvalue weighted by Crippen LogP contribution is 2.17. The number of amides is 1. The molecule has 134 valence electrons. The lowest BCUT2D eigenvalue weighted by atomic mass is 9.99. The number of hydrogen-bond acceptors (Lipinski definition) is 4. The van der Waals surface area contributed by atoms with Crippen LogP contribution in [-0.2, 0) is 23.4 Å². The highest BCUT2D eigenvalue weighted by Gasteiger charge is 2.32. The average Bonchev–Trinajstić information content (AvgIpc) is 3.11. The van der Waals surface area contributed by atoms with Gasteiger partial charge >= 0.3 is 0 Å². The summed E-state index contributed by atoms with van der Waals surface area (Å²) in [6, 6.07) is 16.7. The highest BCUT2D eigenvalue weighted by molar-refractivity contribution is 5.86. The van der Waals surface area contributed by atoms with E-state index in [1.54, 1.807) is 43.7 Å². The van der Waals surface area contributed by atoms with Crippen molar-refractivity contribution in [1.82, 2.24) is 14.9 Å². The van der Waals surface area contributed by atoms with Crippen LogP contribution in [0.5, 0.6) is 5.75 Å². The summed E-state index contributed by atoms with van der Waals surface area (Å²) in [6.07, 6.45) is 3.48. The van der Waals surface area contributed by atoms with Gasteiger partial charge in [0.1, 0.15) is 11.3 Å². The Kier molecular flexibility index (Phi) is 5.04. The molecule has 1 unspecified atom stereocenters. The zero-order chi connectivity index (χ0) is 18.6. The van der Waals surface area contributed by atoms with Crippen molar-refractivity contribution >= 4 is 5.91 Å². The van der Waals surface area contributed by atoms with Crippen LogP contribution < -0.4 is 11.1 Å². The first-order valence-corrected chi connectivity index (χ1v) is 8.36. The van der Waals surface area contributed by atoms with Crippen molar-refractivity contribution in [3.05, 3.63) is 83.9 Å². The van der Waals surface area contributed by atoms with Crippen molar-refractivity contribution in [3.63, 3.8) is 0 Å². The van der Waals surface area contributed by atoms with Crippen molar-refractivity contribution in [2.45, 2.75) is 25.6 Å². The molecule has 0 saturated heterocycles. The minimum absolute atomic E-state index is 0.188. The number of nitrogens with zero attached hydrogens (tertiary/aromatic N) is 2. The second kappa shape index (κ2) is 7.41. The van der Waals surface area contributed by atoms with Crippen molar-refractivity contribution < 1.29 is 9.90 Å². The normalized spacial score (nSPS) is 13.2.